The number of aromatic nitrogens is 7. The number of carbonyl (C=O) groups is 14. The number of carbonyl (C=O) groups excluding carboxylic acids is 13. The van der Waals surface area contributed by atoms with Gasteiger partial charge in [0, 0.05) is 99.0 Å². The lowest BCUT2D eigenvalue weighted by Gasteiger charge is -2.31. The fraction of sp³-hybridized carbons (Fsp3) is 0.443. The molecule has 43 heteroatoms. The van der Waals surface area contributed by atoms with Gasteiger partial charge in [-0.2, -0.15) is 9.97 Å². The van der Waals surface area contributed by atoms with Crippen molar-refractivity contribution < 1.29 is 82.4 Å². The van der Waals surface area contributed by atoms with Crippen molar-refractivity contribution in [3.05, 3.63) is 126 Å². The van der Waals surface area contributed by atoms with Crippen molar-refractivity contribution in [2.75, 3.05) is 56.2 Å². The Labute approximate surface area is 699 Å². The van der Waals surface area contributed by atoms with Crippen LogP contribution in [0.15, 0.2) is 97.7 Å². The van der Waals surface area contributed by atoms with Gasteiger partial charge in [-0.05, 0) is 124 Å². The zero-order valence-corrected chi connectivity index (χ0v) is 67.4. The van der Waals surface area contributed by atoms with Crippen LogP contribution in [-0.4, -0.2) is 244 Å². The molecular weight excluding hydrogens is 1590 g/mol. The number of benzene rings is 3. The summed E-state index contributed by atoms with van der Waals surface area (Å²) in [7, 11) is 1.77. The highest BCUT2D eigenvalue weighted by Gasteiger charge is 2.41. The first kappa shape index (κ1) is 91.7. The summed E-state index contributed by atoms with van der Waals surface area (Å²) in [4.78, 5) is 224. The van der Waals surface area contributed by atoms with Crippen LogP contribution >= 0.6 is 0 Å². The number of nitrogens with two attached hydrogens (primary N) is 4. The number of nitrogens with one attached hydrogen (secondary N) is 15. The number of fused-ring (bicyclic) bond motifs is 2. The molecule has 0 aliphatic carbocycles. The van der Waals surface area contributed by atoms with Crippen molar-refractivity contribution in [3.8, 4) is 5.75 Å². The maximum absolute atomic E-state index is 15.2. The highest BCUT2D eigenvalue weighted by Crippen LogP contribution is 2.25. The zero-order valence-electron chi connectivity index (χ0n) is 67.4. The predicted octanol–water partition coefficient (Wildman–Crippen LogP) is -3.33. The van der Waals surface area contributed by atoms with Crippen molar-refractivity contribution >= 4 is 128 Å². The number of nitrogens with zero attached hydrogens (tertiary/aromatic N) is 7. The number of nitrogen functional groups attached to an aromatic ring is 2. The molecule has 9 rings (SSSR count). The number of carboxylic acid groups (broad SMARTS) is 1. The lowest BCUT2D eigenvalue weighted by molar-refractivity contribution is -0.142. The molecule has 0 bridgehead atoms. The lowest BCUT2D eigenvalue weighted by Crippen LogP contribution is -2.61. The number of hydrogen-bond donors (Lipinski definition) is 22. The standard InChI is InChI=1S/C79H104N26O17/c1-41(2)30-55(70(114)95-53(13-8-28-87-78(82)83)76(120)105-29-9-14-60(105)75(119)90-37-61(80)108)97-68(112)51(12-6-7-27-86-62(109)25-24-54(77(121)122)96-67(111)43-17-19-47(20-18-43)104(3)38-46-36-89-66-64(92-46)65(81)102-79(84)103-66)94-71(115)56(31-42-15-21-48(107)22-16-42)98-74(118)59(39-106)101-72(116)57(32-44-34-88-50-11-5-4-10-49(44)50)99-73(117)58(33-45-35-85-40-91-45)100-69(113)52-23-26-63(110)93-52/h4-5,10-11,15-22,34-36,40-41,51-60,88,106-107H,6-9,12-14,23-33,37-39H2,1-3H3,(H2,80,108)(H,85,91)(H,86,109)(H,90,119)(H,93,110)(H,94,115)(H,95,114)(H,96,111)(H,97,112)(H,98,118)(H,99,117)(H,100,113)(H,101,116)(H,121,122)(H4,82,83,87)(H4,81,84,89,102,103)/t51-,52+,53+,54?,55+,56+,57+,58+,59+,60+/m1/s1. The summed E-state index contributed by atoms with van der Waals surface area (Å²) in [6.07, 6.45) is 5.02. The van der Waals surface area contributed by atoms with E-state index < -0.39 is 150 Å². The molecule has 2 fully saturated rings. The maximum Gasteiger partial charge on any atom is 0.326 e. The number of likely N-dealkylation sites (tertiary alicyclic amines) is 1. The van der Waals surface area contributed by atoms with E-state index in [1.165, 1.54) is 60.0 Å². The van der Waals surface area contributed by atoms with Crippen molar-refractivity contribution in [2.24, 2.45) is 17.4 Å². The summed E-state index contributed by atoms with van der Waals surface area (Å²) in [5.41, 5.74) is 26.2. The van der Waals surface area contributed by atoms with Crippen molar-refractivity contribution in [3.63, 3.8) is 0 Å². The van der Waals surface area contributed by atoms with E-state index in [2.05, 4.69) is 98.7 Å². The summed E-state index contributed by atoms with van der Waals surface area (Å²) >= 11 is 0. The molecule has 10 atom stereocenters. The largest absolute Gasteiger partial charge is 0.508 e. The molecule has 43 nitrogen and oxygen atoms in total. The van der Waals surface area contributed by atoms with Crippen LogP contribution in [-0.2, 0) is 88.1 Å². The van der Waals surface area contributed by atoms with Gasteiger partial charge in [0.15, 0.2) is 22.9 Å². The number of aliphatic hydroxyl groups excluding tert-OH is 1. The van der Waals surface area contributed by atoms with Crippen LogP contribution in [0, 0.1) is 11.3 Å². The molecule has 13 amide bonds. The molecule has 2 saturated heterocycles. The molecule has 0 saturated carbocycles. The van der Waals surface area contributed by atoms with Gasteiger partial charge in [0.25, 0.3) is 5.91 Å². The number of imidazole rings is 1. The van der Waals surface area contributed by atoms with Crippen LogP contribution in [0.5, 0.6) is 5.75 Å². The first-order chi connectivity index (χ1) is 58.3. The van der Waals surface area contributed by atoms with E-state index in [-0.39, 0.29) is 168 Å². The Kier molecular flexibility index (Phi) is 33.1. The molecule has 3 aromatic carbocycles. The summed E-state index contributed by atoms with van der Waals surface area (Å²) in [5.74, 6) is -12.9. The molecule has 0 radical (unpaired) electrons. The molecule has 0 spiro atoms. The molecule has 652 valence electrons. The predicted molar refractivity (Wildman–Crippen MR) is 441 cm³/mol. The Hall–Kier alpha value is -14.2. The van der Waals surface area contributed by atoms with Crippen LogP contribution < -0.4 is 91.6 Å². The number of hydrogen-bond acceptors (Lipinski definition) is 25. The van der Waals surface area contributed by atoms with Gasteiger partial charge < -0.3 is 122 Å². The third-order valence-corrected chi connectivity index (χ3v) is 20.3. The van der Waals surface area contributed by atoms with Crippen molar-refractivity contribution in [1.82, 2.24) is 104 Å². The number of aliphatic hydroxyl groups is 1. The molecule has 26 N–H and O–H groups in total. The number of H-pyrrole nitrogens is 2. The summed E-state index contributed by atoms with van der Waals surface area (Å²) in [6, 6.07) is 4.27. The second kappa shape index (κ2) is 44.0. The average Bonchev–Trinajstić information content (AvgIpc) is 1.72. The fourth-order valence-electron chi connectivity index (χ4n) is 13.9. The van der Waals surface area contributed by atoms with E-state index in [4.69, 9.17) is 28.3 Å². The molecule has 7 aromatic rings. The van der Waals surface area contributed by atoms with Gasteiger partial charge in [0.05, 0.1) is 37.9 Å². The average molecular weight is 1690 g/mol. The molecule has 4 aromatic heterocycles. The van der Waals surface area contributed by atoms with Crippen LogP contribution in [0.25, 0.3) is 22.1 Å². The van der Waals surface area contributed by atoms with E-state index >= 15 is 9.59 Å². The molecule has 1 unspecified atom stereocenters. The summed E-state index contributed by atoms with van der Waals surface area (Å²) < 4.78 is 0. The van der Waals surface area contributed by atoms with Gasteiger partial charge in [-0.3, -0.25) is 67.7 Å². The van der Waals surface area contributed by atoms with Crippen LogP contribution in [0.3, 0.4) is 0 Å². The number of rotatable bonds is 45. The van der Waals surface area contributed by atoms with Gasteiger partial charge >= 0.3 is 5.97 Å². The molecular formula is C79H104N26O17. The third kappa shape index (κ3) is 26.9. The van der Waals surface area contributed by atoms with Gasteiger partial charge in [-0.15, -0.1) is 0 Å². The number of unbranched alkanes of at least 4 members (excludes halogenated alkanes) is 1. The Morgan fingerprint density at radius 1 is 0.656 bits per heavy atom. The second-order valence-electron chi connectivity index (χ2n) is 30.1. The Bertz CT molecular complexity index is 4920. The lowest BCUT2D eigenvalue weighted by atomic mass is 10.00. The fourth-order valence-corrected chi connectivity index (χ4v) is 13.9. The van der Waals surface area contributed by atoms with Gasteiger partial charge in [-0.1, -0.05) is 44.2 Å². The van der Waals surface area contributed by atoms with Gasteiger partial charge in [-0.25, -0.2) is 19.7 Å². The van der Waals surface area contributed by atoms with E-state index in [9.17, 15) is 72.9 Å². The number of aromatic hydroxyl groups is 1. The number of primary amides is 1. The highest BCUT2D eigenvalue weighted by atomic mass is 16.4. The minimum absolute atomic E-state index is 0.0217. The monoisotopic (exact) mass is 1690 g/mol. The Morgan fingerprint density at radius 3 is 1.96 bits per heavy atom. The number of aliphatic carboxylic acids is 1. The summed E-state index contributed by atoms with van der Waals surface area (Å²) in [5, 5.41) is 71.3. The van der Waals surface area contributed by atoms with Crippen LogP contribution in [0.4, 0.5) is 17.5 Å². The molecule has 2 aliphatic rings. The molecule has 122 heavy (non-hydrogen) atoms. The number of phenolic OH excluding ortho intramolecular Hbond substituents is 1. The Balaban J connectivity index is 0.918. The van der Waals surface area contributed by atoms with E-state index in [0.29, 0.717) is 45.5 Å². The number of amides is 13. The molecule has 6 heterocycles. The summed E-state index contributed by atoms with van der Waals surface area (Å²) in [6.45, 7) is 2.20. The normalized spacial score (nSPS) is 15.6. The number of anilines is 3. The van der Waals surface area contributed by atoms with Crippen molar-refractivity contribution in [2.45, 2.75) is 177 Å². The van der Waals surface area contributed by atoms with Crippen molar-refractivity contribution in [1.29, 1.82) is 5.41 Å². The topological polar surface area (TPSA) is 674 Å². The van der Waals surface area contributed by atoms with E-state index in [1.54, 1.807) is 63.5 Å². The molecule has 2 aliphatic heterocycles. The second-order valence-corrected chi connectivity index (χ2v) is 30.1. The highest BCUT2D eigenvalue weighted by molar-refractivity contribution is 6.01. The zero-order chi connectivity index (χ0) is 88.3. The number of aromatic amines is 2. The number of para-hydroxylation sites is 1. The van der Waals surface area contributed by atoms with Gasteiger partial charge in [0.2, 0.25) is 76.8 Å². The Morgan fingerprint density at radius 2 is 1.30 bits per heavy atom. The minimum Gasteiger partial charge on any atom is -0.508 e. The first-order valence-electron chi connectivity index (χ1n) is 39.7. The third-order valence-electron chi connectivity index (χ3n) is 20.3. The number of guanidine groups is 1. The maximum atomic E-state index is 15.2. The minimum atomic E-state index is -1.89. The SMILES string of the molecule is CC(C)C[C@H](NC(=O)[C@@H](CCCCNC(=O)CCC(NC(=O)c1ccc(N(C)Cc2cnc3nc(N)nc(N)c3n2)cc1)C(=O)O)NC(=O)[C@H](Cc1ccc(O)cc1)NC(=O)[C@H](CO)NC(=O)[C@H](Cc1c[nH]c2ccccc12)NC(=O)[C@H](Cc1cnc[nH]1)NC(=O)[C@@H]1CCC(=O)N1)C(=O)N[C@@H](CCCNC(=N)N)C(=O)N1CCC[C@H]1C(=O)NCC(N)=O. The first-order valence-corrected chi connectivity index (χ1v) is 39.7. The number of carboxylic acids is 1. The number of phenols is 1. The van der Waals surface area contributed by atoms with Crippen LogP contribution in [0.1, 0.15) is 124 Å². The smallest absolute Gasteiger partial charge is 0.326 e. The van der Waals surface area contributed by atoms with Gasteiger partial charge in [0.1, 0.15) is 66.2 Å². The van der Waals surface area contributed by atoms with E-state index in [1.807, 2.05) is 4.90 Å². The van der Waals surface area contributed by atoms with E-state index in [0.717, 1.165) is 0 Å². The van der Waals surface area contributed by atoms with Crippen LogP contribution in [0.2, 0.25) is 0 Å². The quantitative estimate of drug-likeness (QED) is 0.0101.